The average molecular weight is 314 g/mol. The molecule has 0 saturated carbocycles. The third-order valence-corrected chi connectivity index (χ3v) is 5.66. The molecule has 0 spiro atoms. The number of methoxy groups -OCH3 is 1. The maximum Gasteiger partial charge on any atom is 0.242 e. The molecule has 1 unspecified atom stereocenters. The SMILES string of the molecule is COC1(CNS(=O)(=O)c2c(N)ccc(C)c2C)CCOC1. The van der Waals surface area contributed by atoms with Gasteiger partial charge in [0.05, 0.1) is 12.3 Å². The number of nitrogen functional groups attached to an aromatic ring is 1. The zero-order valence-corrected chi connectivity index (χ0v) is 13.4. The summed E-state index contributed by atoms with van der Waals surface area (Å²) >= 11 is 0. The number of ether oxygens (including phenoxy) is 2. The molecule has 0 aromatic heterocycles. The fourth-order valence-electron chi connectivity index (χ4n) is 2.43. The van der Waals surface area contributed by atoms with Crippen LogP contribution in [-0.2, 0) is 19.5 Å². The van der Waals surface area contributed by atoms with Crippen LogP contribution in [0, 0.1) is 13.8 Å². The summed E-state index contributed by atoms with van der Waals surface area (Å²) in [4.78, 5) is 0.146. The van der Waals surface area contributed by atoms with Crippen LogP contribution in [0.25, 0.3) is 0 Å². The number of rotatable bonds is 5. The van der Waals surface area contributed by atoms with Crippen molar-refractivity contribution >= 4 is 15.7 Å². The fraction of sp³-hybridized carbons (Fsp3) is 0.571. The Morgan fingerprint density at radius 2 is 2.14 bits per heavy atom. The van der Waals surface area contributed by atoms with Crippen molar-refractivity contribution in [3.8, 4) is 0 Å². The molecule has 21 heavy (non-hydrogen) atoms. The molecule has 1 atom stereocenters. The van der Waals surface area contributed by atoms with E-state index in [1.165, 1.54) is 0 Å². The number of anilines is 1. The molecule has 0 radical (unpaired) electrons. The summed E-state index contributed by atoms with van der Waals surface area (Å²) < 4.78 is 38.4. The van der Waals surface area contributed by atoms with E-state index in [1.54, 1.807) is 20.1 Å². The first-order valence-electron chi connectivity index (χ1n) is 6.79. The van der Waals surface area contributed by atoms with Crippen LogP contribution >= 0.6 is 0 Å². The van der Waals surface area contributed by atoms with Crippen molar-refractivity contribution in [1.29, 1.82) is 0 Å². The molecule has 118 valence electrons. The molecule has 1 fully saturated rings. The van der Waals surface area contributed by atoms with E-state index in [0.29, 0.717) is 25.2 Å². The summed E-state index contributed by atoms with van der Waals surface area (Å²) in [7, 11) is -2.13. The van der Waals surface area contributed by atoms with Crippen molar-refractivity contribution < 1.29 is 17.9 Å². The minimum Gasteiger partial charge on any atom is -0.398 e. The summed E-state index contributed by atoms with van der Waals surface area (Å²) in [6.07, 6.45) is 0.661. The molecular weight excluding hydrogens is 292 g/mol. The minimum absolute atomic E-state index is 0.146. The zero-order valence-electron chi connectivity index (χ0n) is 12.6. The molecule has 3 N–H and O–H groups in total. The summed E-state index contributed by atoms with van der Waals surface area (Å²) in [5, 5.41) is 0. The molecule has 7 heteroatoms. The van der Waals surface area contributed by atoms with Crippen molar-refractivity contribution in [2.75, 3.05) is 32.6 Å². The lowest BCUT2D eigenvalue weighted by Crippen LogP contribution is -2.45. The maximum atomic E-state index is 12.6. The third-order valence-electron chi connectivity index (χ3n) is 4.06. The summed E-state index contributed by atoms with van der Waals surface area (Å²) in [5.41, 5.74) is 7.05. The van der Waals surface area contributed by atoms with Gasteiger partial charge in [-0.25, -0.2) is 13.1 Å². The van der Waals surface area contributed by atoms with Gasteiger partial charge in [0.1, 0.15) is 10.5 Å². The molecule has 0 bridgehead atoms. The van der Waals surface area contributed by atoms with Crippen LogP contribution in [0.3, 0.4) is 0 Å². The predicted molar refractivity (Wildman–Crippen MR) is 80.7 cm³/mol. The smallest absolute Gasteiger partial charge is 0.242 e. The van der Waals surface area contributed by atoms with Crippen LogP contribution in [0.2, 0.25) is 0 Å². The van der Waals surface area contributed by atoms with E-state index < -0.39 is 15.6 Å². The number of hydrogen-bond acceptors (Lipinski definition) is 5. The lowest BCUT2D eigenvalue weighted by molar-refractivity contribution is -0.0120. The summed E-state index contributed by atoms with van der Waals surface area (Å²) in [6, 6.07) is 3.42. The van der Waals surface area contributed by atoms with Gasteiger partial charge >= 0.3 is 0 Å². The van der Waals surface area contributed by atoms with E-state index in [0.717, 1.165) is 5.56 Å². The molecule has 1 aromatic carbocycles. The third kappa shape index (κ3) is 3.21. The highest BCUT2D eigenvalue weighted by Crippen LogP contribution is 2.27. The van der Waals surface area contributed by atoms with Crippen LogP contribution in [0.15, 0.2) is 17.0 Å². The Bertz CT molecular complexity index is 622. The van der Waals surface area contributed by atoms with Gasteiger partial charge in [-0.2, -0.15) is 0 Å². The second-order valence-corrected chi connectivity index (χ2v) is 7.14. The first kappa shape index (κ1) is 16.2. The van der Waals surface area contributed by atoms with Crippen LogP contribution in [-0.4, -0.2) is 40.9 Å². The second-order valence-electron chi connectivity index (χ2n) is 5.44. The van der Waals surface area contributed by atoms with Gasteiger partial charge in [0.25, 0.3) is 0 Å². The number of nitrogens with two attached hydrogens (primary N) is 1. The number of sulfonamides is 1. The van der Waals surface area contributed by atoms with E-state index >= 15 is 0 Å². The van der Waals surface area contributed by atoms with Gasteiger partial charge in [-0.1, -0.05) is 6.07 Å². The molecule has 1 aliphatic heterocycles. The van der Waals surface area contributed by atoms with Crippen LogP contribution in [0.4, 0.5) is 5.69 Å². The molecular formula is C14H22N2O4S. The van der Waals surface area contributed by atoms with Crippen LogP contribution in [0.5, 0.6) is 0 Å². The van der Waals surface area contributed by atoms with Gasteiger partial charge in [-0.05, 0) is 31.0 Å². The first-order chi connectivity index (χ1) is 9.81. The topological polar surface area (TPSA) is 90.7 Å². The molecule has 2 rings (SSSR count). The Balaban J connectivity index is 2.25. The van der Waals surface area contributed by atoms with E-state index in [2.05, 4.69) is 4.72 Å². The van der Waals surface area contributed by atoms with Crippen LogP contribution < -0.4 is 10.5 Å². The van der Waals surface area contributed by atoms with Gasteiger partial charge in [0, 0.05) is 26.7 Å². The highest BCUT2D eigenvalue weighted by molar-refractivity contribution is 7.89. The van der Waals surface area contributed by atoms with E-state index in [-0.39, 0.29) is 17.1 Å². The Kier molecular flexibility index (Phi) is 4.57. The fourth-order valence-corrected chi connectivity index (χ4v) is 3.97. The normalized spacial score (nSPS) is 22.6. The Labute approximate surface area is 125 Å². The molecule has 6 nitrogen and oxygen atoms in total. The summed E-state index contributed by atoms with van der Waals surface area (Å²) in [6.45, 7) is 4.73. The Morgan fingerprint density at radius 1 is 1.43 bits per heavy atom. The highest BCUT2D eigenvalue weighted by atomic mass is 32.2. The predicted octanol–water partition coefficient (Wildman–Crippen LogP) is 0.969. The van der Waals surface area contributed by atoms with Crippen molar-refractivity contribution in [3.63, 3.8) is 0 Å². The Hall–Kier alpha value is -1.15. The van der Waals surface area contributed by atoms with E-state index in [1.807, 2.05) is 13.0 Å². The van der Waals surface area contributed by atoms with Gasteiger partial charge in [0.2, 0.25) is 10.0 Å². The van der Waals surface area contributed by atoms with Gasteiger partial charge in [-0.15, -0.1) is 0 Å². The van der Waals surface area contributed by atoms with Crippen molar-refractivity contribution in [1.82, 2.24) is 4.72 Å². The summed E-state index contributed by atoms with van der Waals surface area (Å²) in [5.74, 6) is 0. The van der Waals surface area contributed by atoms with E-state index in [9.17, 15) is 8.42 Å². The van der Waals surface area contributed by atoms with Crippen LogP contribution in [0.1, 0.15) is 17.5 Å². The van der Waals surface area contributed by atoms with E-state index in [4.69, 9.17) is 15.2 Å². The highest BCUT2D eigenvalue weighted by Gasteiger charge is 2.36. The standard InChI is InChI=1S/C14H22N2O4S/c1-10-4-5-12(15)13(11(10)2)21(17,18)16-8-14(19-3)6-7-20-9-14/h4-5,16H,6-9,15H2,1-3H3. The first-order valence-corrected chi connectivity index (χ1v) is 8.28. The molecule has 0 amide bonds. The number of aryl methyl sites for hydroxylation is 1. The number of hydrogen-bond donors (Lipinski definition) is 2. The lowest BCUT2D eigenvalue weighted by atomic mass is 10.0. The molecule has 1 aliphatic rings. The molecule has 0 aliphatic carbocycles. The van der Waals surface area contributed by atoms with Gasteiger partial charge in [0.15, 0.2) is 0 Å². The second kappa shape index (κ2) is 5.92. The van der Waals surface area contributed by atoms with Crippen molar-refractivity contribution in [2.24, 2.45) is 0 Å². The molecule has 1 heterocycles. The van der Waals surface area contributed by atoms with Crippen molar-refractivity contribution in [2.45, 2.75) is 30.8 Å². The molecule has 1 saturated heterocycles. The maximum absolute atomic E-state index is 12.6. The lowest BCUT2D eigenvalue weighted by Gasteiger charge is -2.26. The minimum atomic E-state index is -3.69. The quantitative estimate of drug-likeness (QED) is 0.790. The largest absolute Gasteiger partial charge is 0.398 e. The van der Waals surface area contributed by atoms with Gasteiger partial charge in [-0.3, -0.25) is 0 Å². The Morgan fingerprint density at radius 3 is 2.71 bits per heavy atom. The van der Waals surface area contributed by atoms with Gasteiger partial charge < -0.3 is 15.2 Å². The number of benzene rings is 1. The number of nitrogens with one attached hydrogen (secondary N) is 1. The zero-order chi connectivity index (χ0) is 15.7. The average Bonchev–Trinajstić information content (AvgIpc) is 2.91. The molecule has 1 aromatic rings. The van der Waals surface area contributed by atoms with Crippen molar-refractivity contribution in [3.05, 3.63) is 23.3 Å². The monoisotopic (exact) mass is 314 g/mol.